The molecule has 0 unspecified atom stereocenters. The van der Waals surface area contributed by atoms with Gasteiger partial charge in [0.05, 0.1) is 7.11 Å². The van der Waals surface area contributed by atoms with Crippen LogP contribution in [0.4, 0.5) is 5.00 Å². The van der Waals surface area contributed by atoms with Gasteiger partial charge in [0.1, 0.15) is 10.6 Å². The van der Waals surface area contributed by atoms with Crippen molar-refractivity contribution in [2.75, 3.05) is 25.9 Å². The average molecular weight is 373 g/mol. The maximum Gasteiger partial charge on any atom is 0.341 e. The predicted molar refractivity (Wildman–Crippen MR) is 109 cm³/mol. The van der Waals surface area contributed by atoms with Gasteiger partial charge in [-0.2, -0.15) is 0 Å². The second kappa shape index (κ2) is 8.69. The highest BCUT2D eigenvalue weighted by atomic mass is 32.1. The van der Waals surface area contributed by atoms with Crippen LogP contribution >= 0.6 is 11.3 Å². The summed E-state index contributed by atoms with van der Waals surface area (Å²) in [6.45, 7) is 5.21. The Morgan fingerprint density at radius 3 is 2.38 bits per heavy atom. The van der Waals surface area contributed by atoms with E-state index < -0.39 is 0 Å². The number of nitrogens with zero attached hydrogens (tertiary/aromatic N) is 1. The molecule has 0 atom stereocenters. The Kier molecular flexibility index (Phi) is 6.33. The lowest BCUT2D eigenvalue weighted by atomic mass is 9.99. The van der Waals surface area contributed by atoms with Gasteiger partial charge in [-0.1, -0.05) is 44.0 Å². The molecule has 2 aromatic rings. The largest absolute Gasteiger partial charge is 0.465 e. The van der Waals surface area contributed by atoms with Crippen molar-refractivity contribution in [3.8, 4) is 11.1 Å². The molecule has 2 N–H and O–H groups in total. The molecule has 0 saturated carbocycles. The lowest BCUT2D eigenvalue weighted by Crippen LogP contribution is -2.23. The molecule has 3 rings (SSSR count). The van der Waals surface area contributed by atoms with Gasteiger partial charge in [-0.25, -0.2) is 4.79 Å². The zero-order valence-corrected chi connectivity index (χ0v) is 16.5. The maximum atomic E-state index is 12.4. The Morgan fingerprint density at radius 2 is 1.81 bits per heavy atom. The van der Waals surface area contributed by atoms with E-state index in [0.717, 1.165) is 42.1 Å². The van der Waals surface area contributed by atoms with E-state index in [1.165, 1.54) is 49.7 Å². The van der Waals surface area contributed by atoms with Crippen LogP contribution < -0.4 is 5.73 Å². The van der Waals surface area contributed by atoms with Crippen LogP contribution in [0.15, 0.2) is 24.3 Å². The van der Waals surface area contributed by atoms with Gasteiger partial charge in [0.25, 0.3) is 0 Å². The van der Waals surface area contributed by atoms with Gasteiger partial charge in [-0.15, -0.1) is 11.3 Å². The number of carbonyl (C=O) groups excluding carboxylic acids is 1. The summed E-state index contributed by atoms with van der Waals surface area (Å²) in [5.41, 5.74) is 10.0. The monoisotopic (exact) mass is 372 g/mol. The van der Waals surface area contributed by atoms with E-state index in [0.29, 0.717) is 10.6 Å². The van der Waals surface area contributed by atoms with Crippen LogP contribution in [0.25, 0.3) is 11.1 Å². The molecule has 2 heterocycles. The Bertz CT molecular complexity index is 744. The minimum Gasteiger partial charge on any atom is -0.465 e. The fraction of sp³-hybridized carbons (Fsp3) is 0.476. The minimum absolute atomic E-state index is 0.351. The Balaban J connectivity index is 2.01. The fourth-order valence-corrected chi connectivity index (χ4v) is 4.75. The average Bonchev–Trinajstić information content (AvgIpc) is 2.82. The number of likely N-dealkylation sites (tertiary alicyclic amines) is 1. The number of benzene rings is 1. The van der Waals surface area contributed by atoms with E-state index in [2.05, 4.69) is 36.1 Å². The molecule has 1 aromatic carbocycles. The third-order valence-electron chi connectivity index (χ3n) is 5.11. The Hall–Kier alpha value is -1.85. The summed E-state index contributed by atoms with van der Waals surface area (Å²) in [5.74, 6) is -0.351. The summed E-state index contributed by atoms with van der Waals surface area (Å²) < 4.78 is 5.02. The third-order valence-corrected chi connectivity index (χ3v) is 6.12. The second-order valence-electron chi connectivity index (χ2n) is 6.87. The molecule has 1 aliphatic heterocycles. The topological polar surface area (TPSA) is 55.6 Å². The Morgan fingerprint density at radius 1 is 1.15 bits per heavy atom. The summed E-state index contributed by atoms with van der Waals surface area (Å²) in [4.78, 5) is 16.1. The number of anilines is 1. The quantitative estimate of drug-likeness (QED) is 0.772. The fourth-order valence-electron chi connectivity index (χ4n) is 3.62. The molecule has 0 spiro atoms. The first-order valence-electron chi connectivity index (χ1n) is 9.45. The summed E-state index contributed by atoms with van der Waals surface area (Å²) in [6, 6.07) is 8.44. The molecule has 0 bridgehead atoms. The van der Waals surface area contributed by atoms with E-state index in [1.54, 1.807) is 0 Å². The van der Waals surface area contributed by atoms with Gasteiger partial charge in [-0.05, 0) is 43.5 Å². The summed E-state index contributed by atoms with van der Waals surface area (Å²) in [5, 5.41) is 0.552. The summed E-state index contributed by atoms with van der Waals surface area (Å²) in [6.07, 6.45) is 6.09. The SMILES string of the molecule is CCc1ccc(-c2c(CN3CCCCCC3)sc(N)c2C(=O)OC)cc1. The van der Waals surface area contributed by atoms with Crippen LogP contribution in [-0.4, -0.2) is 31.1 Å². The predicted octanol–water partition coefficient (Wildman–Crippen LogP) is 4.72. The number of esters is 1. The molecule has 0 aliphatic carbocycles. The van der Waals surface area contributed by atoms with Gasteiger partial charge >= 0.3 is 5.97 Å². The van der Waals surface area contributed by atoms with Crippen molar-refractivity contribution in [3.05, 3.63) is 40.3 Å². The first kappa shape index (κ1) is 18.9. The summed E-state index contributed by atoms with van der Waals surface area (Å²) >= 11 is 1.53. The smallest absolute Gasteiger partial charge is 0.341 e. The highest BCUT2D eigenvalue weighted by Crippen LogP contribution is 2.40. The van der Waals surface area contributed by atoms with Crippen LogP contribution in [0.2, 0.25) is 0 Å². The summed E-state index contributed by atoms with van der Waals surface area (Å²) in [7, 11) is 1.41. The molecule has 140 valence electrons. The van der Waals surface area contributed by atoms with Crippen molar-refractivity contribution >= 4 is 22.3 Å². The molecular formula is C21H28N2O2S. The first-order valence-corrected chi connectivity index (χ1v) is 10.3. The number of nitrogen functional groups attached to an aromatic ring is 1. The van der Waals surface area contributed by atoms with Crippen LogP contribution in [-0.2, 0) is 17.7 Å². The lowest BCUT2D eigenvalue weighted by molar-refractivity contribution is 0.0603. The maximum absolute atomic E-state index is 12.4. The number of hydrogen-bond acceptors (Lipinski definition) is 5. The zero-order chi connectivity index (χ0) is 18.5. The third kappa shape index (κ3) is 4.10. The number of ether oxygens (including phenoxy) is 1. The van der Waals surface area contributed by atoms with Crippen LogP contribution in [0.1, 0.15) is 53.4 Å². The number of hydrogen-bond donors (Lipinski definition) is 1. The number of aryl methyl sites for hydroxylation is 1. The van der Waals surface area contributed by atoms with Gasteiger partial charge < -0.3 is 10.5 Å². The number of carbonyl (C=O) groups is 1. The molecule has 26 heavy (non-hydrogen) atoms. The molecule has 1 fully saturated rings. The molecule has 0 amide bonds. The van der Waals surface area contributed by atoms with E-state index in [4.69, 9.17) is 10.5 Å². The van der Waals surface area contributed by atoms with Crippen molar-refractivity contribution in [3.63, 3.8) is 0 Å². The standard InChI is InChI=1S/C21H28N2O2S/c1-3-15-8-10-16(11-9-15)18-17(14-23-12-6-4-5-7-13-23)26-20(22)19(18)21(24)25-2/h8-11H,3-7,12-14,22H2,1-2H3. The van der Waals surface area contributed by atoms with Crippen LogP contribution in [0, 0.1) is 0 Å². The molecule has 0 radical (unpaired) electrons. The van der Waals surface area contributed by atoms with E-state index in [-0.39, 0.29) is 5.97 Å². The molecule has 4 nitrogen and oxygen atoms in total. The van der Waals surface area contributed by atoms with Gasteiger partial charge in [-0.3, -0.25) is 4.90 Å². The van der Waals surface area contributed by atoms with Crippen LogP contribution in [0.3, 0.4) is 0 Å². The van der Waals surface area contributed by atoms with Crippen molar-refractivity contribution < 1.29 is 9.53 Å². The van der Waals surface area contributed by atoms with Crippen molar-refractivity contribution in [2.45, 2.75) is 45.6 Å². The van der Waals surface area contributed by atoms with Crippen molar-refractivity contribution in [1.29, 1.82) is 0 Å². The highest BCUT2D eigenvalue weighted by molar-refractivity contribution is 7.17. The number of thiophene rings is 1. The molecular weight excluding hydrogens is 344 g/mol. The van der Waals surface area contributed by atoms with E-state index >= 15 is 0 Å². The van der Waals surface area contributed by atoms with E-state index in [1.807, 2.05) is 0 Å². The number of methoxy groups -OCH3 is 1. The van der Waals surface area contributed by atoms with Gasteiger partial charge in [0.2, 0.25) is 0 Å². The molecule has 1 aromatic heterocycles. The highest BCUT2D eigenvalue weighted by Gasteiger charge is 2.25. The second-order valence-corrected chi connectivity index (χ2v) is 8.01. The van der Waals surface area contributed by atoms with Gasteiger partial charge in [0.15, 0.2) is 0 Å². The first-order chi connectivity index (χ1) is 12.6. The Labute approximate surface area is 160 Å². The molecule has 1 saturated heterocycles. The van der Waals surface area contributed by atoms with Crippen LogP contribution in [0.5, 0.6) is 0 Å². The van der Waals surface area contributed by atoms with E-state index in [9.17, 15) is 4.79 Å². The zero-order valence-electron chi connectivity index (χ0n) is 15.7. The molecule has 1 aliphatic rings. The van der Waals surface area contributed by atoms with Gasteiger partial charge in [0, 0.05) is 17.0 Å². The number of nitrogens with two attached hydrogens (primary N) is 1. The number of rotatable bonds is 5. The van der Waals surface area contributed by atoms with Crippen molar-refractivity contribution in [1.82, 2.24) is 4.90 Å². The minimum atomic E-state index is -0.351. The lowest BCUT2D eigenvalue weighted by Gasteiger charge is -2.20. The normalized spacial score (nSPS) is 15.6. The van der Waals surface area contributed by atoms with Crippen molar-refractivity contribution in [2.24, 2.45) is 0 Å². The molecule has 5 heteroatoms.